The van der Waals surface area contributed by atoms with E-state index in [1.807, 2.05) is 42.5 Å². The fraction of sp³-hybridized carbons (Fsp3) is 0.133. The Balaban J connectivity index is 1.96. The zero-order valence-corrected chi connectivity index (χ0v) is 11.3. The molecule has 0 bridgehead atoms. The van der Waals surface area contributed by atoms with Crippen molar-refractivity contribution in [3.63, 3.8) is 0 Å². The van der Waals surface area contributed by atoms with E-state index >= 15 is 0 Å². The molecular formula is C15H16ClN3. The molecule has 0 aliphatic rings. The van der Waals surface area contributed by atoms with Crippen molar-refractivity contribution in [3.8, 4) is 0 Å². The van der Waals surface area contributed by atoms with Gasteiger partial charge in [0.1, 0.15) is 5.84 Å². The maximum atomic E-state index is 5.58. The third-order valence-corrected chi connectivity index (χ3v) is 2.89. The Morgan fingerprint density at radius 2 is 1.74 bits per heavy atom. The predicted octanol–water partition coefficient (Wildman–Crippen LogP) is 3.53. The highest BCUT2D eigenvalue weighted by atomic mass is 35.5. The van der Waals surface area contributed by atoms with Gasteiger partial charge in [-0.1, -0.05) is 30.3 Å². The first-order valence-electron chi connectivity index (χ1n) is 6.05. The minimum absolute atomic E-state index is 0.244. The zero-order valence-electron chi connectivity index (χ0n) is 10.5. The average molecular weight is 274 g/mol. The number of nitrogens with two attached hydrogens (primary N) is 1. The van der Waals surface area contributed by atoms with Crippen molar-refractivity contribution in [1.82, 2.24) is 0 Å². The van der Waals surface area contributed by atoms with Gasteiger partial charge >= 0.3 is 0 Å². The number of amidine groups is 1. The number of nitrogens with zero attached hydrogens (tertiary/aromatic N) is 1. The summed E-state index contributed by atoms with van der Waals surface area (Å²) in [5.74, 6) is 0.667. The lowest BCUT2D eigenvalue weighted by atomic mass is 10.2. The van der Waals surface area contributed by atoms with Crippen molar-refractivity contribution in [2.24, 2.45) is 10.7 Å². The number of hydrogen-bond acceptors (Lipinski definition) is 2. The Morgan fingerprint density at radius 3 is 2.37 bits per heavy atom. The molecule has 0 fully saturated rings. The zero-order chi connectivity index (χ0) is 13.5. The Morgan fingerprint density at radius 1 is 1.05 bits per heavy atom. The van der Waals surface area contributed by atoms with E-state index in [2.05, 4.69) is 22.4 Å². The summed E-state index contributed by atoms with van der Waals surface area (Å²) in [4.78, 5) is 4.17. The molecule has 2 aromatic carbocycles. The molecule has 0 saturated heterocycles. The molecule has 2 rings (SSSR count). The van der Waals surface area contributed by atoms with Crippen molar-refractivity contribution in [2.45, 2.75) is 6.54 Å². The lowest BCUT2D eigenvalue weighted by Crippen LogP contribution is -2.12. The van der Waals surface area contributed by atoms with Crippen LogP contribution in [-0.2, 0) is 6.54 Å². The molecule has 98 valence electrons. The van der Waals surface area contributed by atoms with Gasteiger partial charge in [-0.2, -0.15) is 0 Å². The normalized spacial score (nSPS) is 11.3. The van der Waals surface area contributed by atoms with Crippen molar-refractivity contribution in [3.05, 3.63) is 60.2 Å². The summed E-state index contributed by atoms with van der Waals surface area (Å²) < 4.78 is 0. The van der Waals surface area contributed by atoms with E-state index in [1.165, 1.54) is 5.56 Å². The van der Waals surface area contributed by atoms with E-state index in [1.54, 1.807) is 0 Å². The Bertz CT molecular complexity index is 535. The molecule has 0 heterocycles. The fourth-order valence-corrected chi connectivity index (χ4v) is 1.71. The number of halogens is 1. The maximum Gasteiger partial charge on any atom is 0.115 e. The van der Waals surface area contributed by atoms with Crippen LogP contribution in [0.25, 0.3) is 0 Å². The van der Waals surface area contributed by atoms with Crippen LogP contribution >= 0.6 is 11.6 Å². The van der Waals surface area contributed by atoms with E-state index < -0.39 is 0 Å². The van der Waals surface area contributed by atoms with Gasteiger partial charge in [0.2, 0.25) is 0 Å². The third-order valence-electron chi connectivity index (χ3n) is 2.62. The van der Waals surface area contributed by atoms with E-state index in [4.69, 9.17) is 17.3 Å². The SMILES string of the molecule is NC(CCl)=Nc1ccc(NCc2ccccc2)cc1. The van der Waals surface area contributed by atoms with Crippen LogP contribution in [-0.4, -0.2) is 11.7 Å². The van der Waals surface area contributed by atoms with Crippen LogP contribution in [0.1, 0.15) is 5.56 Å². The molecule has 2 aromatic rings. The Hall–Kier alpha value is -2.00. The fourth-order valence-electron chi connectivity index (χ4n) is 1.65. The number of rotatable bonds is 5. The lowest BCUT2D eigenvalue weighted by Gasteiger charge is -2.06. The van der Waals surface area contributed by atoms with Gasteiger partial charge in [-0.25, -0.2) is 4.99 Å². The maximum absolute atomic E-state index is 5.58. The van der Waals surface area contributed by atoms with Crippen molar-refractivity contribution in [1.29, 1.82) is 0 Å². The molecule has 0 radical (unpaired) electrons. The molecule has 0 amide bonds. The van der Waals surface area contributed by atoms with Gasteiger partial charge < -0.3 is 11.1 Å². The van der Waals surface area contributed by atoms with E-state index in [-0.39, 0.29) is 5.88 Å². The number of aliphatic imine (C=N–C) groups is 1. The van der Waals surface area contributed by atoms with Crippen LogP contribution in [0.2, 0.25) is 0 Å². The first-order chi connectivity index (χ1) is 9.28. The molecule has 4 heteroatoms. The van der Waals surface area contributed by atoms with Crippen LogP contribution in [0.5, 0.6) is 0 Å². The smallest absolute Gasteiger partial charge is 0.115 e. The first-order valence-corrected chi connectivity index (χ1v) is 6.58. The van der Waals surface area contributed by atoms with Crippen LogP contribution in [0.4, 0.5) is 11.4 Å². The van der Waals surface area contributed by atoms with Gasteiger partial charge in [0.05, 0.1) is 11.6 Å². The Kier molecular flexibility index (Phi) is 4.81. The molecule has 0 atom stereocenters. The minimum Gasteiger partial charge on any atom is -0.386 e. The number of hydrogen-bond donors (Lipinski definition) is 2. The highest BCUT2D eigenvalue weighted by molar-refractivity contribution is 6.28. The van der Waals surface area contributed by atoms with E-state index in [0.717, 1.165) is 17.9 Å². The monoisotopic (exact) mass is 273 g/mol. The van der Waals surface area contributed by atoms with Gasteiger partial charge in [-0.05, 0) is 29.8 Å². The second-order valence-corrected chi connectivity index (χ2v) is 4.39. The second-order valence-electron chi connectivity index (χ2n) is 4.12. The van der Waals surface area contributed by atoms with Gasteiger partial charge in [0, 0.05) is 12.2 Å². The van der Waals surface area contributed by atoms with Gasteiger partial charge in [-0.3, -0.25) is 0 Å². The molecule has 0 unspecified atom stereocenters. The second kappa shape index (κ2) is 6.81. The third kappa shape index (κ3) is 4.30. The van der Waals surface area contributed by atoms with Gasteiger partial charge in [-0.15, -0.1) is 11.6 Å². The summed E-state index contributed by atoms with van der Waals surface area (Å²) in [6.07, 6.45) is 0. The average Bonchev–Trinajstić information content (AvgIpc) is 2.47. The quantitative estimate of drug-likeness (QED) is 0.497. The largest absolute Gasteiger partial charge is 0.386 e. The van der Waals surface area contributed by atoms with Gasteiger partial charge in [0.15, 0.2) is 0 Å². The summed E-state index contributed by atoms with van der Waals surface area (Å²) >= 11 is 5.58. The summed E-state index contributed by atoms with van der Waals surface area (Å²) in [5, 5.41) is 3.35. The predicted molar refractivity (Wildman–Crippen MR) is 82.2 cm³/mol. The molecular weight excluding hydrogens is 258 g/mol. The van der Waals surface area contributed by atoms with Crippen LogP contribution < -0.4 is 11.1 Å². The topological polar surface area (TPSA) is 50.4 Å². The summed E-state index contributed by atoms with van der Waals surface area (Å²) in [6, 6.07) is 18.0. The van der Waals surface area contributed by atoms with Crippen LogP contribution in [0.3, 0.4) is 0 Å². The van der Waals surface area contributed by atoms with Crippen LogP contribution in [0, 0.1) is 0 Å². The molecule has 0 aromatic heterocycles. The summed E-state index contributed by atoms with van der Waals surface area (Å²) in [5.41, 5.74) is 8.68. The molecule has 3 nitrogen and oxygen atoms in total. The first kappa shape index (κ1) is 13.4. The number of anilines is 1. The summed E-state index contributed by atoms with van der Waals surface area (Å²) in [7, 11) is 0. The van der Waals surface area contributed by atoms with Gasteiger partial charge in [0.25, 0.3) is 0 Å². The van der Waals surface area contributed by atoms with E-state index in [9.17, 15) is 0 Å². The van der Waals surface area contributed by atoms with Crippen LogP contribution in [0.15, 0.2) is 59.6 Å². The standard InChI is InChI=1S/C15H16ClN3/c16-10-15(17)19-14-8-6-13(7-9-14)18-11-12-4-2-1-3-5-12/h1-9,18H,10-11H2,(H2,17,19). The van der Waals surface area contributed by atoms with Crippen molar-refractivity contribution < 1.29 is 0 Å². The molecule has 0 spiro atoms. The van der Waals surface area contributed by atoms with E-state index in [0.29, 0.717) is 5.84 Å². The minimum atomic E-state index is 0.244. The highest BCUT2D eigenvalue weighted by Crippen LogP contribution is 2.17. The number of nitrogens with one attached hydrogen (secondary N) is 1. The molecule has 0 saturated carbocycles. The van der Waals surface area contributed by atoms with Crippen molar-refractivity contribution >= 4 is 28.8 Å². The summed E-state index contributed by atoms with van der Waals surface area (Å²) in [6.45, 7) is 0.799. The molecule has 3 N–H and O–H groups in total. The molecule has 0 aliphatic heterocycles. The molecule has 0 aliphatic carbocycles. The van der Waals surface area contributed by atoms with Crippen molar-refractivity contribution in [2.75, 3.05) is 11.2 Å². The Labute approximate surface area is 118 Å². The number of benzene rings is 2. The lowest BCUT2D eigenvalue weighted by molar-refractivity contribution is 1.15. The molecule has 19 heavy (non-hydrogen) atoms. The number of alkyl halides is 1. The highest BCUT2D eigenvalue weighted by Gasteiger charge is 1.95.